The van der Waals surface area contributed by atoms with Gasteiger partial charge in [0.05, 0.1) is 55.4 Å². The summed E-state index contributed by atoms with van der Waals surface area (Å²) < 4.78 is 0. The van der Waals surface area contributed by atoms with Crippen LogP contribution in [0.2, 0.25) is 0 Å². The minimum atomic E-state index is -1.87. The number of fused-ring (bicyclic) bond motifs is 3. The number of aromatic nitrogens is 2. The van der Waals surface area contributed by atoms with Gasteiger partial charge >= 0.3 is 15.1 Å². The minimum absolute atomic E-state index is 0.0279. The van der Waals surface area contributed by atoms with E-state index < -0.39 is 14.3 Å². The van der Waals surface area contributed by atoms with E-state index in [0.717, 1.165) is 45.5 Å². The van der Waals surface area contributed by atoms with Crippen molar-refractivity contribution in [3.05, 3.63) is 47.8 Å². The highest BCUT2D eigenvalue weighted by Crippen LogP contribution is 2.75. The molecule has 2 nitrogen and oxygen atoms in total. The second-order valence-electron chi connectivity index (χ2n) is 14.6. The predicted molar refractivity (Wildman–Crippen MR) is 169 cm³/mol. The summed E-state index contributed by atoms with van der Waals surface area (Å²) in [5.41, 5.74) is 4.06. The zero-order valence-electron chi connectivity index (χ0n) is 24.8. The Morgan fingerprint density at radius 3 is 1.00 bits per heavy atom. The smallest absolute Gasteiger partial charge is 0.247 e. The Kier molecular flexibility index (Phi) is 7.68. The zero-order valence-corrected chi connectivity index (χ0v) is 26.6. The van der Waals surface area contributed by atoms with Gasteiger partial charge in [-0.1, -0.05) is 24.3 Å². The molecule has 0 saturated heterocycles. The summed E-state index contributed by atoms with van der Waals surface area (Å²) in [4.78, 5) is 10.4. The van der Waals surface area contributed by atoms with Crippen molar-refractivity contribution >= 4 is 51.2 Å². The van der Waals surface area contributed by atoms with Gasteiger partial charge in [-0.25, -0.2) is 9.97 Å². The van der Waals surface area contributed by atoms with Crippen LogP contribution in [0.5, 0.6) is 0 Å². The van der Waals surface area contributed by atoms with Gasteiger partial charge < -0.3 is 0 Å². The maximum absolute atomic E-state index is 7.26. The molecule has 36 heavy (non-hydrogen) atoms. The van der Waals surface area contributed by atoms with Crippen molar-refractivity contribution in [3.63, 3.8) is 0 Å². The van der Waals surface area contributed by atoms with Gasteiger partial charge in [-0.2, -0.15) is 0 Å². The van der Waals surface area contributed by atoms with Crippen LogP contribution in [0, 0.1) is 0 Å². The fourth-order valence-corrected chi connectivity index (χ4v) is 12.8. The number of hydrogen-bond acceptors (Lipinski definition) is 2. The molecule has 0 bridgehead atoms. The van der Waals surface area contributed by atoms with Gasteiger partial charge in [0.25, 0.3) is 0 Å². The SMILES string of the molecule is [B][P+](Cc1ccc2ccc3ccc(C[P+]([B])(C(C)(C)C)C(C)(C)C)nc3c2n1)(C(C)(C)C)C(C)(C)C. The Hall–Kier alpha value is -0.970. The van der Waals surface area contributed by atoms with Crippen molar-refractivity contribution < 1.29 is 0 Å². The van der Waals surface area contributed by atoms with Gasteiger partial charge in [0, 0.05) is 10.8 Å². The van der Waals surface area contributed by atoms with Gasteiger partial charge in [0.1, 0.15) is 0 Å². The molecular weight excluding hydrogens is 472 g/mol. The van der Waals surface area contributed by atoms with Crippen molar-refractivity contribution in [2.45, 2.75) is 116 Å². The molecule has 0 aliphatic carbocycles. The molecule has 190 valence electrons. The Balaban J connectivity index is 2.16. The first-order chi connectivity index (χ1) is 16.1. The van der Waals surface area contributed by atoms with Crippen molar-refractivity contribution in [1.82, 2.24) is 9.97 Å². The molecule has 3 rings (SSSR count). The lowest BCUT2D eigenvalue weighted by Crippen LogP contribution is -2.35. The van der Waals surface area contributed by atoms with E-state index in [9.17, 15) is 0 Å². The molecule has 0 amide bonds. The number of nitrogens with zero attached hydrogens (tertiary/aromatic N) is 2. The van der Waals surface area contributed by atoms with Crippen LogP contribution in [-0.4, -0.2) is 45.7 Å². The molecule has 6 heteroatoms. The molecule has 0 atom stereocenters. The topological polar surface area (TPSA) is 25.8 Å². The highest BCUT2D eigenvalue weighted by Gasteiger charge is 2.54. The van der Waals surface area contributed by atoms with Crippen LogP contribution in [0.4, 0.5) is 0 Å². The van der Waals surface area contributed by atoms with E-state index in [1.54, 1.807) is 0 Å². The van der Waals surface area contributed by atoms with E-state index in [2.05, 4.69) is 119 Å². The number of benzene rings is 1. The average molecular weight is 518 g/mol. The predicted octanol–water partition coefficient (Wildman–Crippen LogP) is 9.18. The average Bonchev–Trinajstić information content (AvgIpc) is 2.70. The standard InChI is InChI=1S/C30H46B2N2P2/c1-27(2,3)35(31,28(4,5)6)19-23-17-15-21-13-14-22-16-18-24(34-26(22)25(21)33-23)20-36(32,29(7,8)9)30(10,11)12/h13-18H,19-20H2,1-12H3/q+2. The van der Waals surface area contributed by atoms with E-state index in [4.69, 9.17) is 25.1 Å². The molecule has 0 fully saturated rings. The molecule has 0 unspecified atom stereocenters. The molecule has 1 aromatic carbocycles. The number of pyridine rings is 2. The second-order valence-corrected chi connectivity index (χ2v) is 24.0. The van der Waals surface area contributed by atoms with Crippen molar-refractivity contribution in [2.75, 3.05) is 0 Å². The van der Waals surface area contributed by atoms with Gasteiger partial charge in [0.15, 0.2) is 0 Å². The lowest BCUT2D eigenvalue weighted by molar-refractivity contribution is 0.694. The summed E-state index contributed by atoms with van der Waals surface area (Å²) >= 11 is 0. The molecule has 4 radical (unpaired) electrons. The highest BCUT2D eigenvalue weighted by atomic mass is 31.2. The number of hydrogen-bond donors (Lipinski definition) is 0. The Bertz CT molecular complexity index is 1130. The van der Waals surface area contributed by atoms with Crippen LogP contribution in [0.15, 0.2) is 36.4 Å². The van der Waals surface area contributed by atoms with Gasteiger partial charge in [-0.05, 0) is 109 Å². The van der Waals surface area contributed by atoms with Crippen LogP contribution >= 0.6 is 14.3 Å². The van der Waals surface area contributed by atoms with Crippen LogP contribution in [-0.2, 0) is 12.3 Å². The summed E-state index contributed by atoms with van der Waals surface area (Å²) in [6.45, 7) is 27.4. The first kappa shape index (κ1) is 29.6. The summed E-state index contributed by atoms with van der Waals surface area (Å²) in [5, 5.41) is 2.34. The molecule has 0 N–H and O–H groups in total. The van der Waals surface area contributed by atoms with E-state index >= 15 is 0 Å². The molecule has 2 heterocycles. The summed E-state index contributed by atoms with van der Waals surface area (Å²) in [6.07, 6.45) is 1.63. The van der Waals surface area contributed by atoms with Crippen molar-refractivity contribution in [2.24, 2.45) is 0 Å². The first-order valence-electron chi connectivity index (χ1n) is 13.1. The van der Waals surface area contributed by atoms with Crippen molar-refractivity contribution in [3.8, 4) is 0 Å². The van der Waals surface area contributed by atoms with Crippen LogP contribution < -0.4 is 0 Å². The van der Waals surface area contributed by atoms with Crippen molar-refractivity contribution in [1.29, 1.82) is 0 Å². The lowest BCUT2D eigenvalue weighted by Gasteiger charge is -2.45. The first-order valence-corrected chi connectivity index (χ1v) is 17.2. The minimum Gasteiger partial charge on any atom is -0.247 e. The Labute approximate surface area is 224 Å². The summed E-state index contributed by atoms with van der Waals surface area (Å²) in [7, 11) is 10.8. The fourth-order valence-electron chi connectivity index (χ4n) is 5.50. The lowest BCUT2D eigenvalue weighted by atomic mass is 10.1. The zero-order chi connectivity index (χ0) is 27.5. The second kappa shape index (κ2) is 9.35. The van der Waals surface area contributed by atoms with E-state index in [1.807, 2.05) is 0 Å². The van der Waals surface area contributed by atoms with E-state index in [1.165, 1.54) is 0 Å². The van der Waals surface area contributed by atoms with Crippen LogP contribution in [0.25, 0.3) is 21.8 Å². The molecule has 0 spiro atoms. The quantitative estimate of drug-likeness (QED) is 0.196. The third-order valence-electron chi connectivity index (χ3n) is 8.25. The molecule has 3 aromatic rings. The summed E-state index contributed by atoms with van der Waals surface area (Å²) in [5.74, 6) is 0. The summed E-state index contributed by atoms with van der Waals surface area (Å²) in [6, 6.07) is 13.0. The molecular formula is C30H46B2N2P2+2. The maximum Gasteiger partial charge on any atom is 0.366 e. The van der Waals surface area contributed by atoms with Crippen LogP contribution in [0.1, 0.15) is 94.5 Å². The third-order valence-corrected chi connectivity index (χ3v) is 19.5. The third kappa shape index (κ3) is 5.29. The monoisotopic (exact) mass is 518 g/mol. The highest BCUT2D eigenvalue weighted by molar-refractivity contribution is 7.99. The van der Waals surface area contributed by atoms with Gasteiger partial charge in [0.2, 0.25) is 0 Å². The molecule has 0 aliphatic rings. The molecule has 2 aromatic heterocycles. The van der Waals surface area contributed by atoms with Crippen LogP contribution in [0.3, 0.4) is 0 Å². The largest absolute Gasteiger partial charge is 0.366 e. The Morgan fingerprint density at radius 1 is 0.500 bits per heavy atom. The molecule has 0 saturated carbocycles. The maximum atomic E-state index is 7.26. The number of rotatable bonds is 4. The van der Waals surface area contributed by atoms with Gasteiger partial charge in [-0.3, -0.25) is 0 Å². The molecule has 0 aliphatic heterocycles. The van der Waals surface area contributed by atoms with E-state index in [0.29, 0.717) is 0 Å². The fraction of sp³-hybridized carbons (Fsp3) is 0.600. The normalized spacial score (nSPS) is 14.6. The van der Waals surface area contributed by atoms with E-state index in [-0.39, 0.29) is 20.6 Å². The Morgan fingerprint density at radius 2 is 0.750 bits per heavy atom. The van der Waals surface area contributed by atoms with Gasteiger partial charge in [-0.15, -0.1) is 0 Å².